The zero-order valence-corrected chi connectivity index (χ0v) is 10.1. The largest absolute Gasteiger partial charge is 0.367 e. The molecule has 0 aliphatic heterocycles. The molecule has 0 aliphatic carbocycles. The van der Waals surface area contributed by atoms with Crippen LogP contribution in [0.2, 0.25) is 0 Å². The molecular formula is C12H12N6O. The van der Waals surface area contributed by atoms with Gasteiger partial charge in [0, 0.05) is 31.3 Å². The van der Waals surface area contributed by atoms with E-state index in [1.165, 1.54) is 4.40 Å². The fourth-order valence-electron chi connectivity index (χ4n) is 1.84. The van der Waals surface area contributed by atoms with Crippen LogP contribution < -0.4 is 11.0 Å². The van der Waals surface area contributed by atoms with Crippen LogP contribution in [0.15, 0.2) is 41.7 Å². The molecule has 0 saturated heterocycles. The molecule has 2 N–H and O–H groups in total. The summed E-state index contributed by atoms with van der Waals surface area (Å²) in [5, 5.41) is 9.49. The van der Waals surface area contributed by atoms with E-state index in [2.05, 4.69) is 25.5 Å². The molecular weight excluding hydrogens is 244 g/mol. The van der Waals surface area contributed by atoms with Gasteiger partial charge < -0.3 is 5.32 Å². The first-order valence-corrected chi connectivity index (χ1v) is 5.89. The van der Waals surface area contributed by atoms with Gasteiger partial charge in [-0.1, -0.05) is 6.07 Å². The van der Waals surface area contributed by atoms with Crippen LogP contribution in [0.25, 0.3) is 5.65 Å². The highest BCUT2D eigenvalue weighted by Crippen LogP contribution is 2.08. The molecule has 0 unspecified atom stereocenters. The van der Waals surface area contributed by atoms with Crippen LogP contribution in [0.1, 0.15) is 5.56 Å². The Morgan fingerprint density at radius 3 is 3.16 bits per heavy atom. The van der Waals surface area contributed by atoms with Crippen LogP contribution in [0.3, 0.4) is 0 Å². The lowest BCUT2D eigenvalue weighted by Gasteiger charge is -2.05. The fourth-order valence-corrected chi connectivity index (χ4v) is 1.84. The highest BCUT2D eigenvalue weighted by Gasteiger charge is 2.06. The number of nitrogens with zero attached hydrogens (tertiary/aromatic N) is 4. The Morgan fingerprint density at radius 2 is 2.32 bits per heavy atom. The summed E-state index contributed by atoms with van der Waals surface area (Å²) in [5.74, 6) is 0.588. The quantitative estimate of drug-likeness (QED) is 0.708. The van der Waals surface area contributed by atoms with Crippen molar-refractivity contribution in [2.45, 2.75) is 6.42 Å². The Labute approximate surface area is 108 Å². The standard InChI is InChI=1S/C12H12N6O/c19-12-17-16-11-10(15-6-7-18(11)12)14-5-3-9-2-1-4-13-8-9/h1-2,4,6-8H,3,5H2,(H,14,15)(H,17,19). The number of anilines is 1. The van der Waals surface area contributed by atoms with Gasteiger partial charge in [0.25, 0.3) is 0 Å². The fraction of sp³-hybridized carbons (Fsp3) is 0.167. The summed E-state index contributed by atoms with van der Waals surface area (Å²) < 4.78 is 1.42. The van der Waals surface area contributed by atoms with E-state index in [0.29, 0.717) is 18.0 Å². The molecule has 0 saturated carbocycles. The van der Waals surface area contributed by atoms with Gasteiger partial charge in [-0.05, 0) is 18.1 Å². The van der Waals surface area contributed by atoms with E-state index < -0.39 is 0 Å². The third-order valence-corrected chi connectivity index (χ3v) is 2.76. The van der Waals surface area contributed by atoms with Crippen molar-refractivity contribution in [1.29, 1.82) is 0 Å². The number of H-pyrrole nitrogens is 1. The van der Waals surface area contributed by atoms with Gasteiger partial charge in [-0.3, -0.25) is 4.98 Å². The number of hydrogen-bond acceptors (Lipinski definition) is 5. The molecule has 0 bridgehead atoms. The number of hydrogen-bond donors (Lipinski definition) is 2. The first-order valence-electron chi connectivity index (χ1n) is 5.89. The Bertz CT molecular complexity index is 733. The van der Waals surface area contributed by atoms with Crippen LogP contribution in [0.5, 0.6) is 0 Å². The maximum atomic E-state index is 11.4. The van der Waals surface area contributed by atoms with Crippen molar-refractivity contribution in [2.75, 3.05) is 11.9 Å². The minimum atomic E-state index is -0.271. The molecule has 0 radical (unpaired) electrons. The van der Waals surface area contributed by atoms with Crippen molar-refractivity contribution >= 4 is 11.5 Å². The zero-order valence-electron chi connectivity index (χ0n) is 10.1. The second-order valence-electron chi connectivity index (χ2n) is 4.04. The monoisotopic (exact) mass is 256 g/mol. The second-order valence-corrected chi connectivity index (χ2v) is 4.04. The Balaban J connectivity index is 1.74. The van der Waals surface area contributed by atoms with Gasteiger partial charge in [0.1, 0.15) is 0 Å². The molecule has 0 atom stereocenters. The van der Waals surface area contributed by atoms with Crippen LogP contribution in [0, 0.1) is 0 Å². The Kier molecular flexibility index (Phi) is 2.93. The average Bonchev–Trinajstić information content (AvgIpc) is 2.83. The molecule has 3 aromatic heterocycles. The van der Waals surface area contributed by atoms with E-state index in [0.717, 1.165) is 12.0 Å². The zero-order chi connectivity index (χ0) is 13.1. The maximum Gasteiger partial charge on any atom is 0.347 e. The van der Waals surface area contributed by atoms with Crippen LogP contribution in [-0.4, -0.2) is 31.1 Å². The number of rotatable bonds is 4. The Hall–Kier alpha value is -2.70. The highest BCUT2D eigenvalue weighted by molar-refractivity contribution is 5.61. The SMILES string of the molecule is O=c1[nH]nc2c(NCCc3cccnc3)nccn12. The molecule has 0 amide bonds. The number of aromatic nitrogens is 5. The number of pyridine rings is 1. The van der Waals surface area contributed by atoms with E-state index in [1.807, 2.05) is 18.3 Å². The summed E-state index contributed by atoms with van der Waals surface area (Å²) in [6.45, 7) is 0.694. The van der Waals surface area contributed by atoms with Crippen molar-refractivity contribution in [1.82, 2.24) is 24.6 Å². The number of fused-ring (bicyclic) bond motifs is 1. The molecule has 3 aromatic rings. The van der Waals surface area contributed by atoms with E-state index in [1.54, 1.807) is 18.6 Å². The topological polar surface area (TPSA) is 88.0 Å². The number of nitrogens with one attached hydrogen (secondary N) is 2. The van der Waals surface area contributed by atoms with Gasteiger partial charge in [0.2, 0.25) is 5.65 Å². The van der Waals surface area contributed by atoms with Gasteiger partial charge in [0.05, 0.1) is 0 Å². The summed E-state index contributed by atoms with van der Waals surface area (Å²) in [5.41, 5.74) is 1.37. The van der Waals surface area contributed by atoms with Crippen molar-refractivity contribution in [3.63, 3.8) is 0 Å². The second kappa shape index (κ2) is 4.89. The third kappa shape index (κ3) is 2.30. The molecule has 3 heterocycles. The van der Waals surface area contributed by atoms with Gasteiger partial charge in [-0.2, -0.15) is 0 Å². The molecule has 7 heteroatoms. The van der Waals surface area contributed by atoms with Gasteiger partial charge >= 0.3 is 5.69 Å². The van der Waals surface area contributed by atoms with Crippen molar-refractivity contribution in [3.05, 3.63) is 53.0 Å². The molecule has 0 spiro atoms. The lowest BCUT2D eigenvalue weighted by atomic mass is 10.2. The summed E-state index contributed by atoms with van der Waals surface area (Å²) in [7, 11) is 0. The molecule has 96 valence electrons. The van der Waals surface area contributed by atoms with Crippen molar-refractivity contribution < 1.29 is 0 Å². The van der Waals surface area contributed by atoms with Gasteiger partial charge in [0.15, 0.2) is 5.82 Å². The predicted octanol–water partition coefficient (Wildman–Crippen LogP) is 0.467. The van der Waals surface area contributed by atoms with Crippen LogP contribution >= 0.6 is 0 Å². The first kappa shape index (κ1) is 11.4. The molecule has 7 nitrogen and oxygen atoms in total. The summed E-state index contributed by atoms with van der Waals surface area (Å²) >= 11 is 0. The normalized spacial score (nSPS) is 10.7. The summed E-state index contributed by atoms with van der Waals surface area (Å²) in [6, 6.07) is 3.92. The maximum absolute atomic E-state index is 11.4. The molecule has 3 rings (SSSR count). The van der Waals surface area contributed by atoms with Crippen LogP contribution in [0.4, 0.5) is 5.82 Å². The van der Waals surface area contributed by atoms with E-state index >= 15 is 0 Å². The van der Waals surface area contributed by atoms with Crippen molar-refractivity contribution in [2.24, 2.45) is 0 Å². The summed E-state index contributed by atoms with van der Waals surface area (Å²) in [4.78, 5) is 19.6. The summed E-state index contributed by atoms with van der Waals surface area (Å²) in [6.07, 6.45) is 7.54. The number of aromatic amines is 1. The molecule has 0 fully saturated rings. The highest BCUT2D eigenvalue weighted by atomic mass is 16.1. The first-order chi connectivity index (χ1) is 9.34. The van der Waals surface area contributed by atoms with E-state index in [-0.39, 0.29) is 5.69 Å². The average molecular weight is 256 g/mol. The molecule has 0 aliphatic rings. The van der Waals surface area contributed by atoms with E-state index in [9.17, 15) is 4.79 Å². The minimum Gasteiger partial charge on any atom is -0.367 e. The molecule has 19 heavy (non-hydrogen) atoms. The Morgan fingerprint density at radius 1 is 1.37 bits per heavy atom. The minimum absolute atomic E-state index is 0.271. The van der Waals surface area contributed by atoms with E-state index in [4.69, 9.17) is 0 Å². The van der Waals surface area contributed by atoms with Gasteiger partial charge in [-0.25, -0.2) is 19.3 Å². The molecule has 0 aromatic carbocycles. The smallest absolute Gasteiger partial charge is 0.347 e. The third-order valence-electron chi connectivity index (χ3n) is 2.76. The van der Waals surface area contributed by atoms with Crippen LogP contribution in [-0.2, 0) is 6.42 Å². The lowest BCUT2D eigenvalue weighted by Crippen LogP contribution is -2.11. The van der Waals surface area contributed by atoms with Gasteiger partial charge in [-0.15, -0.1) is 5.10 Å². The lowest BCUT2D eigenvalue weighted by molar-refractivity contribution is 0.983. The predicted molar refractivity (Wildman–Crippen MR) is 70.0 cm³/mol. The van der Waals surface area contributed by atoms with Crippen molar-refractivity contribution in [3.8, 4) is 0 Å².